The first-order valence-corrected chi connectivity index (χ1v) is 7.11. The Morgan fingerprint density at radius 3 is 2.56 bits per heavy atom. The second-order valence-electron chi connectivity index (χ2n) is 4.24. The lowest BCUT2D eigenvalue weighted by Gasteiger charge is -2.05. The standard InChI is InChI=1S/C14H19N3S/c1-11-14(10-15)12(2)17(16-11)8-9-18-13-6-4-3-5-7-13/h3-7H,8-10,15H2,1-2H3. The van der Waals surface area contributed by atoms with Crippen molar-refractivity contribution in [2.24, 2.45) is 5.73 Å². The van der Waals surface area contributed by atoms with Crippen LogP contribution in [0.4, 0.5) is 0 Å². The zero-order valence-corrected chi connectivity index (χ0v) is 11.7. The van der Waals surface area contributed by atoms with Gasteiger partial charge in [0.15, 0.2) is 0 Å². The summed E-state index contributed by atoms with van der Waals surface area (Å²) in [5.41, 5.74) is 9.16. The van der Waals surface area contributed by atoms with E-state index in [0.29, 0.717) is 6.54 Å². The van der Waals surface area contributed by atoms with Crippen LogP contribution in [0.1, 0.15) is 17.0 Å². The van der Waals surface area contributed by atoms with Gasteiger partial charge >= 0.3 is 0 Å². The van der Waals surface area contributed by atoms with Gasteiger partial charge in [-0.05, 0) is 26.0 Å². The first-order valence-electron chi connectivity index (χ1n) is 6.13. The molecule has 0 aliphatic carbocycles. The normalized spacial score (nSPS) is 10.8. The van der Waals surface area contributed by atoms with Gasteiger partial charge in [0.05, 0.1) is 12.2 Å². The van der Waals surface area contributed by atoms with Crippen LogP contribution in [0.5, 0.6) is 0 Å². The van der Waals surface area contributed by atoms with Crippen molar-refractivity contribution >= 4 is 11.8 Å². The smallest absolute Gasteiger partial charge is 0.0641 e. The summed E-state index contributed by atoms with van der Waals surface area (Å²) in [6.45, 7) is 5.61. The molecule has 0 saturated carbocycles. The SMILES string of the molecule is Cc1nn(CCSc2ccccc2)c(C)c1CN. The van der Waals surface area contributed by atoms with Crippen molar-refractivity contribution in [3.63, 3.8) is 0 Å². The van der Waals surface area contributed by atoms with Crippen molar-refractivity contribution in [2.75, 3.05) is 5.75 Å². The monoisotopic (exact) mass is 261 g/mol. The molecule has 4 heteroatoms. The predicted molar refractivity (Wildman–Crippen MR) is 76.8 cm³/mol. The molecule has 1 heterocycles. The maximum atomic E-state index is 5.73. The van der Waals surface area contributed by atoms with Crippen molar-refractivity contribution in [1.29, 1.82) is 0 Å². The van der Waals surface area contributed by atoms with E-state index in [-0.39, 0.29) is 0 Å². The lowest BCUT2D eigenvalue weighted by Crippen LogP contribution is -2.06. The minimum absolute atomic E-state index is 0.573. The van der Waals surface area contributed by atoms with Gasteiger partial charge in [-0.25, -0.2) is 0 Å². The van der Waals surface area contributed by atoms with E-state index in [9.17, 15) is 0 Å². The van der Waals surface area contributed by atoms with Crippen LogP contribution in [0.2, 0.25) is 0 Å². The van der Waals surface area contributed by atoms with Gasteiger partial charge in [0, 0.05) is 28.5 Å². The molecule has 3 nitrogen and oxygen atoms in total. The molecule has 0 bridgehead atoms. The number of nitrogens with zero attached hydrogens (tertiary/aromatic N) is 2. The van der Waals surface area contributed by atoms with Gasteiger partial charge in [-0.3, -0.25) is 4.68 Å². The number of aromatic nitrogens is 2. The van der Waals surface area contributed by atoms with E-state index in [2.05, 4.69) is 41.0 Å². The summed E-state index contributed by atoms with van der Waals surface area (Å²) in [4.78, 5) is 1.30. The highest BCUT2D eigenvalue weighted by Crippen LogP contribution is 2.18. The zero-order valence-electron chi connectivity index (χ0n) is 10.9. The van der Waals surface area contributed by atoms with E-state index in [4.69, 9.17) is 5.73 Å². The zero-order chi connectivity index (χ0) is 13.0. The van der Waals surface area contributed by atoms with Gasteiger partial charge in [-0.1, -0.05) is 18.2 Å². The summed E-state index contributed by atoms with van der Waals surface area (Å²) in [6, 6.07) is 10.4. The summed E-state index contributed by atoms with van der Waals surface area (Å²) in [5.74, 6) is 1.02. The number of hydrogen-bond acceptors (Lipinski definition) is 3. The Hall–Kier alpha value is -1.26. The van der Waals surface area contributed by atoms with Crippen LogP contribution in [0.25, 0.3) is 0 Å². The van der Waals surface area contributed by atoms with Crippen molar-refractivity contribution in [3.05, 3.63) is 47.3 Å². The first-order chi connectivity index (χ1) is 8.72. The maximum absolute atomic E-state index is 5.73. The number of hydrogen-bond donors (Lipinski definition) is 1. The fraction of sp³-hybridized carbons (Fsp3) is 0.357. The third kappa shape index (κ3) is 2.94. The van der Waals surface area contributed by atoms with Crippen LogP contribution in [-0.2, 0) is 13.1 Å². The van der Waals surface area contributed by atoms with Crippen LogP contribution in [0.3, 0.4) is 0 Å². The lowest BCUT2D eigenvalue weighted by atomic mass is 10.2. The fourth-order valence-corrected chi connectivity index (χ4v) is 2.86. The van der Waals surface area contributed by atoms with Gasteiger partial charge in [0.25, 0.3) is 0 Å². The van der Waals surface area contributed by atoms with E-state index in [1.165, 1.54) is 16.2 Å². The average Bonchev–Trinajstić information content (AvgIpc) is 2.65. The number of benzene rings is 1. The van der Waals surface area contributed by atoms with E-state index in [1.807, 2.05) is 24.8 Å². The fourth-order valence-electron chi connectivity index (χ4n) is 2.01. The van der Waals surface area contributed by atoms with E-state index in [1.54, 1.807) is 0 Å². The van der Waals surface area contributed by atoms with Crippen LogP contribution < -0.4 is 5.73 Å². The highest BCUT2D eigenvalue weighted by Gasteiger charge is 2.09. The van der Waals surface area contributed by atoms with Gasteiger partial charge in [0.2, 0.25) is 0 Å². The molecule has 18 heavy (non-hydrogen) atoms. The van der Waals surface area contributed by atoms with Gasteiger partial charge in [-0.2, -0.15) is 5.10 Å². The molecular weight excluding hydrogens is 242 g/mol. The molecule has 0 unspecified atom stereocenters. The minimum Gasteiger partial charge on any atom is -0.326 e. The summed E-state index contributed by atoms with van der Waals surface area (Å²) < 4.78 is 2.06. The molecule has 0 aliphatic heterocycles. The Morgan fingerprint density at radius 1 is 1.22 bits per heavy atom. The Kier molecular flexibility index (Phi) is 4.44. The molecule has 0 fully saturated rings. The Labute approximate surface area is 112 Å². The summed E-state index contributed by atoms with van der Waals surface area (Å²) in [7, 11) is 0. The van der Waals surface area contributed by atoms with Gasteiger partial charge in [-0.15, -0.1) is 11.8 Å². The number of rotatable bonds is 5. The molecule has 2 aromatic rings. The molecule has 0 aliphatic rings. The quantitative estimate of drug-likeness (QED) is 0.842. The lowest BCUT2D eigenvalue weighted by molar-refractivity contribution is 0.639. The summed E-state index contributed by atoms with van der Waals surface area (Å²) in [6.07, 6.45) is 0. The second kappa shape index (κ2) is 6.07. The van der Waals surface area contributed by atoms with Crippen LogP contribution in [-0.4, -0.2) is 15.5 Å². The Morgan fingerprint density at radius 2 is 1.94 bits per heavy atom. The van der Waals surface area contributed by atoms with Gasteiger partial charge < -0.3 is 5.73 Å². The topological polar surface area (TPSA) is 43.8 Å². The minimum atomic E-state index is 0.573. The third-order valence-electron chi connectivity index (χ3n) is 3.05. The molecule has 2 N–H and O–H groups in total. The number of aryl methyl sites for hydroxylation is 2. The van der Waals surface area contributed by atoms with E-state index < -0.39 is 0 Å². The molecule has 0 amide bonds. The molecule has 0 spiro atoms. The summed E-state index contributed by atoms with van der Waals surface area (Å²) >= 11 is 1.85. The van der Waals surface area contributed by atoms with Crippen molar-refractivity contribution in [3.8, 4) is 0 Å². The average molecular weight is 261 g/mol. The Bertz CT molecular complexity index is 505. The highest BCUT2D eigenvalue weighted by atomic mass is 32.2. The number of nitrogens with two attached hydrogens (primary N) is 1. The van der Waals surface area contributed by atoms with Crippen molar-refractivity contribution < 1.29 is 0 Å². The first kappa shape index (κ1) is 13.2. The van der Waals surface area contributed by atoms with Crippen LogP contribution in [0, 0.1) is 13.8 Å². The van der Waals surface area contributed by atoms with Crippen LogP contribution in [0.15, 0.2) is 35.2 Å². The molecule has 1 aromatic heterocycles. The van der Waals surface area contributed by atoms with Crippen LogP contribution >= 0.6 is 11.8 Å². The third-order valence-corrected chi connectivity index (χ3v) is 4.04. The molecule has 0 saturated heterocycles. The van der Waals surface area contributed by atoms with E-state index in [0.717, 1.165) is 18.0 Å². The maximum Gasteiger partial charge on any atom is 0.0641 e. The molecule has 2 rings (SSSR count). The molecular formula is C14H19N3S. The highest BCUT2D eigenvalue weighted by molar-refractivity contribution is 7.99. The van der Waals surface area contributed by atoms with Crippen molar-refractivity contribution in [1.82, 2.24) is 9.78 Å². The van der Waals surface area contributed by atoms with Crippen molar-refractivity contribution in [2.45, 2.75) is 31.8 Å². The molecule has 0 atom stereocenters. The molecule has 96 valence electrons. The second-order valence-corrected chi connectivity index (χ2v) is 5.41. The van der Waals surface area contributed by atoms with E-state index >= 15 is 0 Å². The Balaban J connectivity index is 1.95. The largest absolute Gasteiger partial charge is 0.326 e. The van der Waals surface area contributed by atoms with Gasteiger partial charge in [0.1, 0.15) is 0 Å². The number of thioether (sulfide) groups is 1. The molecule has 1 aromatic carbocycles. The predicted octanol–water partition coefficient (Wildman–Crippen LogP) is 2.75. The molecule has 0 radical (unpaired) electrons. The summed E-state index contributed by atoms with van der Waals surface area (Å²) in [5, 5.41) is 4.54.